The smallest absolute Gasteiger partial charge is 0.123 e. The standard InChI is InChI=1S/C15H17FN2/c1-11-6-7-18-15(8-11)14(17-2)10-12-4-3-5-13(16)9-12/h3-9,14,17H,10H2,1-2H3. The van der Waals surface area contributed by atoms with E-state index >= 15 is 0 Å². The molecule has 0 aliphatic rings. The van der Waals surface area contributed by atoms with Gasteiger partial charge in [-0.25, -0.2) is 4.39 Å². The zero-order valence-corrected chi connectivity index (χ0v) is 10.7. The Morgan fingerprint density at radius 3 is 2.78 bits per heavy atom. The summed E-state index contributed by atoms with van der Waals surface area (Å²) in [5, 5.41) is 3.23. The lowest BCUT2D eigenvalue weighted by molar-refractivity contribution is 0.570. The van der Waals surface area contributed by atoms with Crippen molar-refractivity contribution in [1.82, 2.24) is 10.3 Å². The molecule has 2 rings (SSSR count). The third kappa shape index (κ3) is 3.14. The number of hydrogen-bond acceptors (Lipinski definition) is 2. The van der Waals surface area contributed by atoms with Crippen molar-refractivity contribution in [3.63, 3.8) is 0 Å². The van der Waals surface area contributed by atoms with Gasteiger partial charge in [0.2, 0.25) is 0 Å². The highest BCUT2D eigenvalue weighted by atomic mass is 19.1. The van der Waals surface area contributed by atoms with Crippen LogP contribution in [0.2, 0.25) is 0 Å². The zero-order chi connectivity index (χ0) is 13.0. The molecular formula is C15H17FN2. The second kappa shape index (κ2) is 5.74. The molecule has 1 N–H and O–H groups in total. The molecule has 0 aliphatic heterocycles. The SMILES string of the molecule is CNC(Cc1cccc(F)c1)c1cc(C)ccn1. The van der Waals surface area contributed by atoms with Crippen molar-refractivity contribution in [3.05, 3.63) is 65.2 Å². The molecule has 3 heteroatoms. The first kappa shape index (κ1) is 12.7. The molecule has 0 fully saturated rings. The van der Waals surface area contributed by atoms with Crippen LogP contribution in [-0.2, 0) is 6.42 Å². The summed E-state index contributed by atoms with van der Waals surface area (Å²) in [6.07, 6.45) is 2.53. The first-order chi connectivity index (χ1) is 8.69. The molecule has 94 valence electrons. The van der Waals surface area contributed by atoms with Gasteiger partial charge in [0, 0.05) is 6.20 Å². The average Bonchev–Trinajstić information content (AvgIpc) is 2.36. The van der Waals surface area contributed by atoms with Gasteiger partial charge in [-0.1, -0.05) is 12.1 Å². The number of aromatic nitrogens is 1. The van der Waals surface area contributed by atoms with Crippen LogP contribution in [0.1, 0.15) is 22.9 Å². The molecule has 18 heavy (non-hydrogen) atoms. The molecule has 0 aliphatic carbocycles. The highest BCUT2D eigenvalue weighted by Crippen LogP contribution is 2.17. The molecule has 0 saturated heterocycles. The maximum Gasteiger partial charge on any atom is 0.123 e. The summed E-state index contributed by atoms with van der Waals surface area (Å²) >= 11 is 0. The van der Waals surface area contributed by atoms with Crippen LogP contribution >= 0.6 is 0 Å². The van der Waals surface area contributed by atoms with Gasteiger partial charge in [0.1, 0.15) is 5.82 Å². The largest absolute Gasteiger partial charge is 0.311 e. The second-order valence-corrected chi connectivity index (χ2v) is 4.43. The van der Waals surface area contributed by atoms with E-state index in [-0.39, 0.29) is 11.9 Å². The number of likely N-dealkylation sites (N-methyl/N-ethyl adjacent to an activating group) is 1. The van der Waals surface area contributed by atoms with Gasteiger partial charge in [-0.2, -0.15) is 0 Å². The minimum Gasteiger partial charge on any atom is -0.311 e. The van der Waals surface area contributed by atoms with E-state index in [9.17, 15) is 4.39 Å². The predicted molar refractivity (Wildman–Crippen MR) is 70.9 cm³/mol. The monoisotopic (exact) mass is 244 g/mol. The number of nitrogens with zero attached hydrogens (tertiary/aromatic N) is 1. The Balaban J connectivity index is 2.19. The fraction of sp³-hybridized carbons (Fsp3) is 0.267. The van der Waals surface area contributed by atoms with Gasteiger partial charge in [0.25, 0.3) is 0 Å². The molecule has 1 unspecified atom stereocenters. The Labute approximate surface area is 107 Å². The maximum atomic E-state index is 13.2. The van der Waals surface area contributed by atoms with Crippen LogP contribution in [0.15, 0.2) is 42.6 Å². The molecular weight excluding hydrogens is 227 g/mol. The molecule has 0 amide bonds. The summed E-state index contributed by atoms with van der Waals surface area (Å²) in [6.45, 7) is 2.04. The van der Waals surface area contributed by atoms with Crippen molar-refractivity contribution in [2.75, 3.05) is 7.05 Å². The number of aryl methyl sites for hydroxylation is 1. The van der Waals surface area contributed by atoms with Crippen LogP contribution in [-0.4, -0.2) is 12.0 Å². The van der Waals surface area contributed by atoms with Gasteiger partial charge in [0.05, 0.1) is 11.7 Å². The normalized spacial score (nSPS) is 12.4. The van der Waals surface area contributed by atoms with E-state index < -0.39 is 0 Å². The van der Waals surface area contributed by atoms with Gasteiger partial charge in [0.15, 0.2) is 0 Å². The van der Waals surface area contributed by atoms with Crippen LogP contribution < -0.4 is 5.32 Å². The predicted octanol–water partition coefficient (Wildman–Crippen LogP) is 3.03. The Morgan fingerprint density at radius 1 is 1.28 bits per heavy atom. The van der Waals surface area contributed by atoms with Crippen molar-refractivity contribution >= 4 is 0 Å². The lowest BCUT2D eigenvalue weighted by Crippen LogP contribution is -2.20. The minimum absolute atomic E-state index is 0.103. The van der Waals surface area contributed by atoms with E-state index in [2.05, 4.69) is 16.4 Å². The van der Waals surface area contributed by atoms with E-state index in [1.165, 1.54) is 11.6 Å². The van der Waals surface area contributed by atoms with E-state index in [0.717, 1.165) is 17.7 Å². The van der Waals surface area contributed by atoms with Crippen molar-refractivity contribution < 1.29 is 4.39 Å². The molecule has 0 saturated carbocycles. The van der Waals surface area contributed by atoms with Crippen molar-refractivity contribution in [3.8, 4) is 0 Å². The van der Waals surface area contributed by atoms with E-state index in [0.29, 0.717) is 0 Å². The van der Waals surface area contributed by atoms with E-state index in [4.69, 9.17) is 0 Å². The van der Waals surface area contributed by atoms with E-state index in [1.54, 1.807) is 18.3 Å². The molecule has 1 aromatic carbocycles. The van der Waals surface area contributed by atoms with Crippen molar-refractivity contribution in [2.45, 2.75) is 19.4 Å². The number of benzene rings is 1. The molecule has 0 spiro atoms. The third-order valence-corrected chi connectivity index (χ3v) is 2.97. The quantitative estimate of drug-likeness (QED) is 0.894. The zero-order valence-electron chi connectivity index (χ0n) is 10.7. The fourth-order valence-electron chi connectivity index (χ4n) is 2.00. The van der Waals surface area contributed by atoms with Gasteiger partial charge >= 0.3 is 0 Å². The summed E-state index contributed by atoms with van der Waals surface area (Å²) in [5.74, 6) is -0.195. The minimum atomic E-state index is -0.195. The molecule has 2 aromatic rings. The maximum absolute atomic E-state index is 13.2. The van der Waals surface area contributed by atoms with Gasteiger partial charge < -0.3 is 5.32 Å². The fourth-order valence-corrected chi connectivity index (χ4v) is 2.00. The summed E-state index contributed by atoms with van der Waals surface area (Å²) < 4.78 is 13.2. The average molecular weight is 244 g/mol. The number of hydrogen-bond donors (Lipinski definition) is 1. The molecule has 2 nitrogen and oxygen atoms in total. The van der Waals surface area contributed by atoms with Crippen LogP contribution in [0.5, 0.6) is 0 Å². The Hall–Kier alpha value is -1.74. The topological polar surface area (TPSA) is 24.9 Å². The summed E-state index contributed by atoms with van der Waals surface area (Å²) in [7, 11) is 1.90. The summed E-state index contributed by atoms with van der Waals surface area (Å²) in [4.78, 5) is 4.37. The Bertz CT molecular complexity index is 525. The molecule has 1 aromatic heterocycles. The number of pyridine rings is 1. The first-order valence-electron chi connectivity index (χ1n) is 6.03. The van der Waals surface area contributed by atoms with Gasteiger partial charge in [-0.15, -0.1) is 0 Å². The Morgan fingerprint density at radius 2 is 2.11 bits per heavy atom. The van der Waals surface area contributed by atoms with Crippen LogP contribution in [0.3, 0.4) is 0 Å². The van der Waals surface area contributed by atoms with E-state index in [1.807, 2.05) is 26.1 Å². The lowest BCUT2D eigenvalue weighted by atomic mass is 10.0. The number of rotatable bonds is 4. The lowest BCUT2D eigenvalue weighted by Gasteiger charge is -2.16. The van der Waals surface area contributed by atoms with Crippen molar-refractivity contribution in [1.29, 1.82) is 0 Å². The molecule has 0 radical (unpaired) electrons. The third-order valence-electron chi connectivity index (χ3n) is 2.97. The van der Waals surface area contributed by atoms with Crippen LogP contribution in [0, 0.1) is 12.7 Å². The summed E-state index contributed by atoms with van der Waals surface area (Å²) in [6, 6.07) is 10.8. The first-order valence-corrected chi connectivity index (χ1v) is 6.03. The molecule has 1 atom stereocenters. The molecule has 0 bridgehead atoms. The highest BCUT2D eigenvalue weighted by Gasteiger charge is 2.11. The number of halogens is 1. The van der Waals surface area contributed by atoms with Crippen molar-refractivity contribution in [2.24, 2.45) is 0 Å². The number of nitrogens with one attached hydrogen (secondary N) is 1. The van der Waals surface area contributed by atoms with Gasteiger partial charge in [-0.3, -0.25) is 4.98 Å². The van der Waals surface area contributed by atoms with Crippen LogP contribution in [0.4, 0.5) is 4.39 Å². The summed E-state index contributed by atoms with van der Waals surface area (Å²) in [5.41, 5.74) is 3.14. The second-order valence-electron chi connectivity index (χ2n) is 4.43. The highest BCUT2D eigenvalue weighted by molar-refractivity contribution is 5.22. The van der Waals surface area contributed by atoms with Gasteiger partial charge in [-0.05, 0) is 55.8 Å². The van der Waals surface area contributed by atoms with Crippen LogP contribution in [0.25, 0.3) is 0 Å². The molecule has 1 heterocycles. The Kier molecular flexibility index (Phi) is 4.05.